The molecule has 0 amide bonds. The van der Waals surface area contributed by atoms with Gasteiger partial charge in [-0.15, -0.1) is 0 Å². The summed E-state index contributed by atoms with van der Waals surface area (Å²) < 4.78 is 10.9. The summed E-state index contributed by atoms with van der Waals surface area (Å²) in [5.74, 6) is 0.471. The standard InChI is InChI=1S/C16H24O3/c1-12(2)16(17)19-10-4-9-18-15-8-7-13-5-3-6-14(13)11-15/h5,14-15H,1,3-4,6-11H2,2H3. The van der Waals surface area contributed by atoms with Gasteiger partial charge < -0.3 is 9.47 Å². The van der Waals surface area contributed by atoms with Gasteiger partial charge in [0.15, 0.2) is 0 Å². The molecule has 0 saturated heterocycles. The van der Waals surface area contributed by atoms with Gasteiger partial charge in [0, 0.05) is 12.0 Å². The lowest BCUT2D eigenvalue weighted by atomic mass is 9.84. The number of carbonyl (C=O) groups is 1. The van der Waals surface area contributed by atoms with Crippen molar-refractivity contribution in [2.24, 2.45) is 5.92 Å². The number of carbonyl (C=O) groups excluding carboxylic acids is 1. The highest BCUT2D eigenvalue weighted by Crippen LogP contribution is 2.38. The van der Waals surface area contributed by atoms with Gasteiger partial charge in [0.25, 0.3) is 0 Å². The summed E-state index contributed by atoms with van der Waals surface area (Å²) in [4.78, 5) is 11.2. The van der Waals surface area contributed by atoms with Gasteiger partial charge in [-0.2, -0.15) is 0 Å². The second kappa shape index (κ2) is 6.90. The zero-order chi connectivity index (χ0) is 13.7. The molecule has 0 radical (unpaired) electrons. The number of fused-ring (bicyclic) bond motifs is 1. The van der Waals surface area contributed by atoms with Crippen LogP contribution in [0.25, 0.3) is 0 Å². The fourth-order valence-corrected chi connectivity index (χ4v) is 2.91. The number of esters is 1. The first-order valence-corrected chi connectivity index (χ1v) is 7.30. The number of allylic oxidation sites excluding steroid dienone is 2. The molecule has 19 heavy (non-hydrogen) atoms. The normalized spacial score (nSPS) is 25.6. The minimum atomic E-state index is -0.307. The maximum atomic E-state index is 11.2. The second-order valence-electron chi connectivity index (χ2n) is 5.59. The molecule has 106 valence electrons. The summed E-state index contributed by atoms with van der Waals surface area (Å²) in [5.41, 5.74) is 2.11. The quantitative estimate of drug-likeness (QED) is 0.319. The highest BCUT2D eigenvalue weighted by Gasteiger charge is 2.28. The molecule has 3 heteroatoms. The fraction of sp³-hybridized carbons (Fsp3) is 0.688. The van der Waals surface area contributed by atoms with E-state index in [0.29, 0.717) is 24.9 Å². The monoisotopic (exact) mass is 264 g/mol. The largest absolute Gasteiger partial charge is 0.462 e. The third kappa shape index (κ3) is 4.20. The van der Waals surface area contributed by atoms with E-state index >= 15 is 0 Å². The Labute approximate surface area is 115 Å². The van der Waals surface area contributed by atoms with Crippen LogP contribution in [0.2, 0.25) is 0 Å². The van der Waals surface area contributed by atoms with Gasteiger partial charge in [0.2, 0.25) is 0 Å². The molecule has 0 N–H and O–H groups in total. The molecule has 0 bridgehead atoms. The van der Waals surface area contributed by atoms with Crippen molar-refractivity contribution in [1.82, 2.24) is 0 Å². The lowest BCUT2D eigenvalue weighted by Gasteiger charge is -2.28. The van der Waals surface area contributed by atoms with Crippen LogP contribution in [0.3, 0.4) is 0 Å². The predicted molar refractivity (Wildman–Crippen MR) is 74.8 cm³/mol. The average Bonchev–Trinajstić information content (AvgIpc) is 2.85. The van der Waals surface area contributed by atoms with Gasteiger partial charge in [-0.1, -0.05) is 18.2 Å². The molecule has 2 unspecified atom stereocenters. The van der Waals surface area contributed by atoms with Crippen LogP contribution in [-0.4, -0.2) is 25.3 Å². The molecule has 0 spiro atoms. The second-order valence-corrected chi connectivity index (χ2v) is 5.59. The zero-order valence-corrected chi connectivity index (χ0v) is 11.8. The molecular weight excluding hydrogens is 240 g/mol. The van der Waals surface area contributed by atoms with Crippen LogP contribution < -0.4 is 0 Å². The van der Waals surface area contributed by atoms with E-state index < -0.39 is 0 Å². The fourth-order valence-electron chi connectivity index (χ4n) is 2.91. The molecule has 0 aromatic rings. The Bertz CT molecular complexity index is 370. The third-order valence-corrected chi connectivity index (χ3v) is 3.97. The van der Waals surface area contributed by atoms with Gasteiger partial charge in [0.05, 0.1) is 19.3 Å². The van der Waals surface area contributed by atoms with Crippen LogP contribution in [0.1, 0.15) is 45.4 Å². The smallest absolute Gasteiger partial charge is 0.333 e. The lowest BCUT2D eigenvalue weighted by molar-refractivity contribution is -0.139. The predicted octanol–water partition coefficient (Wildman–Crippen LogP) is 3.40. The first-order chi connectivity index (χ1) is 9.16. The topological polar surface area (TPSA) is 35.5 Å². The number of hydrogen-bond donors (Lipinski definition) is 0. The molecule has 1 fully saturated rings. The van der Waals surface area contributed by atoms with E-state index in [-0.39, 0.29) is 5.97 Å². The maximum Gasteiger partial charge on any atom is 0.333 e. The summed E-state index contributed by atoms with van der Waals surface area (Å²) in [5, 5.41) is 0. The average molecular weight is 264 g/mol. The van der Waals surface area contributed by atoms with Crippen molar-refractivity contribution in [2.45, 2.75) is 51.6 Å². The van der Waals surface area contributed by atoms with E-state index in [1.165, 1.54) is 25.7 Å². The first-order valence-electron chi connectivity index (χ1n) is 7.30. The number of ether oxygens (including phenoxy) is 2. The van der Waals surface area contributed by atoms with Crippen molar-refractivity contribution in [3.63, 3.8) is 0 Å². The number of hydrogen-bond acceptors (Lipinski definition) is 3. The molecule has 2 atom stereocenters. The highest BCUT2D eigenvalue weighted by molar-refractivity contribution is 5.86. The van der Waals surface area contributed by atoms with E-state index in [0.717, 1.165) is 18.8 Å². The Morgan fingerprint density at radius 3 is 3.05 bits per heavy atom. The molecule has 3 nitrogen and oxygen atoms in total. The van der Waals surface area contributed by atoms with Crippen molar-refractivity contribution in [3.8, 4) is 0 Å². The summed E-state index contributed by atoms with van der Waals surface area (Å²) in [6, 6.07) is 0. The van der Waals surface area contributed by atoms with E-state index in [1.54, 1.807) is 12.5 Å². The molecule has 0 aliphatic heterocycles. The van der Waals surface area contributed by atoms with Crippen LogP contribution >= 0.6 is 0 Å². The van der Waals surface area contributed by atoms with Gasteiger partial charge in [-0.25, -0.2) is 4.79 Å². The minimum Gasteiger partial charge on any atom is -0.462 e. The molecule has 0 aromatic heterocycles. The van der Waals surface area contributed by atoms with E-state index in [4.69, 9.17) is 9.47 Å². The Morgan fingerprint density at radius 1 is 1.42 bits per heavy atom. The molecule has 0 heterocycles. The minimum absolute atomic E-state index is 0.307. The summed E-state index contributed by atoms with van der Waals surface area (Å²) in [6.07, 6.45) is 9.68. The van der Waals surface area contributed by atoms with Crippen molar-refractivity contribution in [3.05, 3.63) is 23.8 Å². The first kappa shape index (κ1) is 14.3. The summed E-state index contributed by atoms with van der Waals surface area (Å²) in [6.45, 7) is 6.31. The highest BCUT2D eigenvalue weighted by atomic mass is 16.5. The molecule has 1 saturated carbocycles. The molecular formula is C16H24O3. The van der Waals surface area contributed by atoms with E-state index in [2.05, 4.69) is 12.7 Å². The van der Waals surface area contributed by atoms with E-state index in [1.807, 2.05) is 0 Å². The van der Waals surface area contributed by atoms with Gasteiger partial charge >= 0.3 is 5.97 Å². The van der Waals surface area contributed by atoms with Gasteiger partial charge in [-0.05, 0) is 44.9 Å². The van der Waals surface area contributed by atoms with Gasteiger partial charge in [0.1, 0.15) is 0 Å². The lowest BCUT2D eigenvalue weighted by Crippen LogP contribution is -2.24. The van der Waals surface area contributed by atoms with Crippen molar-refractivity contribution < 1.29 is 14.3 Å². The van der Waals surface area contributed by atoms with Crippen LogP contribution in [0, 0.1) is 5.92 Å². The molecule has 0 aromatic carbocycles. The molecule has 2 rings (SSSR count). The Kier molecular flexibility index (Phi) is 5.20. The van der Waals surface area contributed by atoms with Crippen molar-refractivity contribution in [2.75, 3.05) is 13.2 Å². The van der Waals surface area contributed by atoms with Crippen LogP contribution in [0.15, 0.2) is 23.8 Å². The van der Waals surface area contributed by atoms with Crippen LogP contribution in [0.4, 0.5) is 0 Å². The Balaban J connectivity index is 1.55. The van der Waals surface area contributed by atoms with E-state index in [9.17, 15) is 4.79 Å². The number of rotatable bonds is 6. The zero-order valence-electron chi connectivity index (χ0n) is 11.8. The molecule has 2 aliphatic rings. The summed E-state index contributed by atoms with van der Waals surface area (Å²) in [7, 11) is 0. The molecule has 2 aliphatic carbocycles. The SMILES string of the molecule is C=C(C)C(=O)OCCCOC1CCC2=CCCC2C1. The van der Waals surface area contributed by atoms with Crippen molar-refractivity contribution in [1.29, 1.82) is 0 Å². The van der Waals surface area contributed by atoms with Crippen LogP contribution in [-0.2, 0) is 14.3 Å². The van der Waals surface area contributed by atoms with Crippen LogP contribution in [0.5, 0.6) is 0 Å². The van der Waals surface area contributed by atoms with Gasteiger partial charge in [-0.3, -0.25) is 0 Å². The Hall–Kier alpha value is -1.09. The summed E-state index contributed by atoms with van der Waals surface area (Å²) >= 11 is 0. The maximum absolute atomic E-state index is 11.2. The van der Waals surface area contributed by atoms with Crippen molar-refractivity contribution >= 4 is 5.97 Å². The Morgan fingerprint density at radius 2 is 2.26 bits per heavy atom. The third-order valence-electron chi connectivity index (χ3n) is 3.97.